The number of carbonyl (C=O) groups excluding carboxylic acids is 1. The molecular formula is C13H18N3OP. The first-order valence-electron chi connectivity index (χ1n) is 6.40. The van der Waals surface area contributed by atoms with Crippen LogP contribution in [0.2, 0.25) is 0 Å². The van der Waals surface area contributed by atoms with Gasteiger partial charge in [0.1, 0.15) is 5.69 Å². The second-order valence-corrected chi connectivity index (χ2v) is 5.82. The first kappa shape index (κ1) is 12.1. The lowest BCUT2D eigenvalue weighted by molar-refractivity contribution is 0.0727. The van der Waals surface area contributed by atoms with E-state index in [0.29, 0.717) is 17.2 Å². The highest BCUT2D eigenvalue weighted by Crippen LogP contribution is 2.54. The number of carbonyl (C=O) groups is 1. The molecule has 2 fully saturated rings. The number of pyridine rings is 1. The van der Waals surface area contributed by atoms with Gasteiger partial charge in [0, 0.05) is 25.3 Å². The lowest BCUT2D eigenvalue weighted by Crippen LogP contribution is -2.40. The minimum absolute atomic E-state index is 0.0737. The zero-order valence-electron chi connectivity index (χ0n) is 10.3. The Balaban J connectivity index is 1.79. The van der Waals surface area contributed by atoms with Gasteiger partial charge in [0.05, 0.1) is 0 Å². The van der Waals surface area contributed by atoms with Crippen molar-refractivity contribution in [3.05, 3.63) is 30.1 Å². The third-order valence-electron chi connectivity index (χ3n) is 4.07. The summed E-state index contributed by atoms with van der Waals surface area (Å²) in [6, 6.07) is 5.81. The quantitative estimate of drug-likeness (QED) is 0.840. The normalized spacial score (nSPS) is 24.5. The van der Waals surface area contributed by atoms with Crippen molar-refractivity contribution in [3.8, 4) is 0 Å². The molecule has 4 nitrogen and oxygen atoms in total. The summed E-state index contributed by atoms with van der Waals surface area (Å²) in [7, 11) is 2.52. The molecule has 1 amide bonds. The molecule has 3 rings (SSSR count). The molecule has 1 unspecified atom stereocenters. The number of hydrogen-bond acceptors (Lipinski definition) is 3. The van der Waals surface area contributed by atoms with Crippen molar-refractivity contribution in [2.24, 2.45) is 5.41 Å². The van der Waals surface area contributed by atoms with Crippen LogP contribution in [0.5, 0.6) is 0 Å². The van der Waals surface area contributed by atoms with Gasteiger partial charge in [0.25, 0.3) is 5.91 Å². The largest absolute Gasteiger partial charge is 0.332 e. The third kappa shape index (κ3) is 2.15. The fourth-order valence-corrected chi connectivity index (χ4v) is 3.17. The van der Waals surface area contributed by atoms with Crippen LogP contribution < -0.4 is 5.09 Å². The Morgan fingerprint density at radius 3 is 3.00 bits per heavy atom. The Labute approximate surface area is 109 Å². The second-order valence-electron chi connectivity index (χ2n) is 5.41. The Hall–Kier alpha value is -0.990. The van der Waals surface area contributed by atoms with Crippen molar-refractivity contribution in [2.45, 2.75) is 25.3 Å². The van der Waals surface area contributed by atoms with E-state index >= 15 is 0 Å². The standard InChI is InChI=1S/C13H18N3OP/c17-12(11-3-1-2-6-14-11)16-9-13(4-5-13)7-10(16)8-15-18/h1-3,6,10,15H,4-5,7-9,18H2/t10-/m0/s1. The maximum atomic E-state index is 12.5. The molecule has 2 heterocycles. The minimum Gasteiger partial charge on any atom is -0.332 e. The highest BCUT2D eigenvalue weighted by atomic mass is 31.0. The van der Waals surface area contributed by atoms with Gasteiger partial charge in [-0.15, -0.1) is 0 Å². The molecule has 1 saturated carbocycles. The molecule has 1 N–H and O–H groups in total. The molecule has 1 aliphatic heterocycles. The first-order chi connectivity index (χ1) is 8.74. The summed E-state index contributed by atoms with van der Waals surface area (Å²) >= 11 is 0. The number of rotatable bonds is 3. The Bertz CT molecular complexity index is 447. The molecule has 0 aromatic carbocycles. The summed E-state index contributed by atoms with van der Waals surface area (Å²) in [5.41, 5.74) is 0.986. The summed E-state index contributed by atoms with van der Waals surface area (Å²) in [5.74, 6) is 0.0737. The third-order valence-corrected chi connectivity index (χ3v) is 4.31. The van der Waals surface area contributed by atoms with Gasteiger partial charge in [0.2, 0.25) is 0 Å². The molecule has 1 aromatic heterocycles. The van der Waals surface area contributed by atoms with Crippen molar-refractivity contribution in [1.29, 1.82) is 0 Å². The molecule has 0 bridgehead atoms. The van der Waals surface area contributed by atoms with Crippen molar-refractivity contribution in [2.75, 3.05) is 13.1 Å². The van der Waals surface area contributed by atoms with E-state index in [0.717, 1.165) is 19.5 Å². The summed E-state index contributed by atoms with van der Waals surface area (Å²) in [5, 5.41) is 3.11. The predicted molar refractivity (Wildman–Crippen MR) is 73.1 cm³/mol. The minimum atomic E-state index is 0.0737. The fourth-order valence-electron chi connectivity index (χ4n) is 2.90. The Kier molecular flexibility index (Phi) is 3.08. The van der Waals surface area contributed by atoms with Gasteiger partial charge >= 0.3 is 0 Å². The average Bonchev–Trinajstić information content (AvgIpc) is 3.05. The van der Waals surface area contributed by atoms with Gasteiger partial charge in [-0.3, -0.25) is 14.9 Å². The van der Waals surface area contributed by atoms with Crippen LogP contribution in [-0.2, 0) is 0 Å². The van der Waals surface area contributed by atoms with Crippen LogP contribution in [0.1, 0.15) is 29.8 Å². The Morgan fingerprint density at radius 1 is 1.56 bits per heavy atom. The van der Waals surface area contributed by atoms with Crippen molar-refractivity contribution in [1.82, 2.24) is 15.0 Å². The van der Waals surface area contributed by atoms with E-state index < -0.39 is 0 Å². The summed E-state index contributed by atoms with van der Waals surface area (Å²) in [6.45, 7) is 1.74. The van der Waals surface area contributed by atoms with E-state index in [4.69, 9.17) is 0 Å². The molecule has 1 spiro atoms. The van der Waals surface area contributed by atoms with Crippen LogP contribution in [0.15, 0.2) is 24.4 Å². The lowest BCUT2D eigenvalue weighted by atomic mass is 10.0. The van der Waals surface area contributed by atoms with Gasteiger partial charge in [-0.25, -0.2) is 0 Å². The molecular weight excluding hydrogens is 245 g/mol. The van der Waals surface area contributed by atoms with E-state index in [9.17, 15) is 4.79 Å². The van der Waals surface area contributed by atoms with Crippen LogP contribution in [0.25, 0.3) is 0 Å². The highest BCUT2D eigenvalue weighted by molar-refractivity contribution is 7.13. The average molecular weight is 263 g/mol. The summed E-state index contributed by atoms with van der Waals surface area (Å²) < 4.78 is 0. The second kappa shape index (κ2) is 4.60. The molecule has 1 aromatic rings. The number of hydrogen-bond donors (Lipinski definition) is 1. The molecule has 5 heteroatoms. The molecule has 96 valence electrons. The predicted octanol–water partition coefficient (Wildman–Crippen LogP) is 1.46. The van der Waals surface area contributed by atoms with Gasteiger partial charge < -0.3 is 4.90 Å². The number of nitrogens with zero attached hydrogens (tertiary/aromatic N) is 2. The highest BCUT2D eigenvalue weighted by Gasteiger charge is 2.53. The van der Waals surface area contributed by atoms with Crippen molar-refractivity contribution in [3.63, 3.8) is 0 Å². The van der Waals surface area contributed by atoms with Crippen LogP contribution in [0.3, 0.4) is 0 Å². The number of amides is 1. The molecule has 0 radical (unpaired) electrons. The molecule has 1 saturated heterocycles. The first-order valence-corrected chi connectivity index (χ1v) is 6.97. The lowest BCUT2D eigenvalue weighted by Gasteiger charge is -2.24. The maximum absolute atomic E-state index is 12.5. The zero-order valence-corrected chi connectivity index (χ0v) is 11.5. The van der Waals surface area contributed by atoms with Gasteiger partial charge in [-0.2, -0.15) is 0 Å². The molecule has 2 aliphatic rings. The SMILES string of the molecule is O=C(c1ccccn1)N1CC2(CC2)C[C@H]1CNP. The molecule has 1 aliphatic carbocycles. The van der Waals surface area contributed by atoms with Crippen LogP contribution >= 0.6 is 9.39 Å². The van der Waals surface area contributed by atoms with Crippen LogP contribution in [0, 0.1) is 5.41 Å². The number of aromatic nitrogens is 1. The van der Waals surface area contributed by atoms with E-state index in [1.54, 1.807) is 12.3 Å². The van der Waals surface area contributed by atoms with Crippen molar-refractivity contribution < 1.29 is 4.79 Å². The molecule has 18 heavy (non-hydrogen) atoms. The zero-order chi connectivity index (χ0) is 12.6. The summed E-state index contributed by atoms with van der Waals surface area (Å²) in [6.07, 6.45) is 5.35. The monoisotopic (exact) mass is 263 g/mol. The Morgan fingerprint density at radius 2 is 2.39 bits per heavy atom. The van der Waals surface area contributed by atoms with Gasteiger partial charge in [-0.1, -0.05) is 15.5 Å². The molecule has 2 atom stereocenters. The van der Waals surface area contributed by atoms with E-state index in [1.165, 1.54) is 12.8 Å². The van der Waals surface area contributed by atoms with Gasteiger partial charge in [-0.05, 0) is 36.8 Å². The van der Waals surface area contributed by atoms with Crippen molar-refractivity contribution >= 4 is 15.3 Å². The van der Waals surface area contributed by atoms with Crippen LogP contribution in [-0.4, -0.2) is 34.9 Å². The topological polar surface area (TPSA) is 45.2 Å². The van der Waals surface area contributed by atoms with E-state index in [1.807, 2.05) is 17.0 Å². The summed E-state index contributed by atoms with van der Waals surface area (Å²) in [4.78, 5) is 18.7. The smallest absolute Gasteiger partial charge is 0.272 e. The van der Waals surface area contributed by atoms with E-state index in [-0.39, 0.29) is 5.91 Å². The van der Waals surface area contributed by atoms with E-state index in [2.05, 4.69) is 19.5 Å². The maximum Gasteiger partial charge on any atom is 0.272 e. The number of nitrogens with one attached hydrogen (secondary N) is 1. The number of likely N-dealkylation sites (tertiary alicyclic amines) is 1. The fraction of sp³-hybridized carbons (Fsp3) is 0.538. The van der Waals surface area contributed by atoms with Crippen LogP contribution in [0.4, 0.5) is 0 Å². The van der Waals surface area contributed by atoms with Gasteiger partial charge in [0.15, 0.2) is 0 Å².